The lowest BCUT2D eigenvalue weighted by Crippen LogP contribution is -2.14. The maximum absolute atomic E-state index is 13.2. The second-order valence-corrected chi connectivity index (χ2v) is 3.86. The van der Waals surface area contributed by atoms with Crippen LogP contribution in [0.2, 0.25) is 5.28 Å². The molecule has 0 saturated carbocycles. The fourth-order valence-corrected chi connectivity index (χ4v) is 2.23. The van der Waals surface area contributed by atoms with E-state index in [2.05, 4.69) is 4.98 Å². The van der Waals surface area contributed by atoms with E-state index in [1.807, 2.05) is 0 Å². The van der Waals surface area contributed by atoms with Crippen LogP contribution in [0.1, 0.15) is 16.8 Å². The number of ketones is 1. The van der Waals surface area contributed by atoms with Crippen LogP contribution in [-0.4, -0.2) is 15.3 Å². The highest BCUT2D eigenvalue weighted by molar-refractivity contribution is 6.29. The van der Waals surface area contributed by atoms with Gasteiger partial charge in [0.2, 0.25) is 5.28 Å². The van der Waals surface area contributed by atoms with Crippen LogP contribution < -0.4 is 0 Å². The van der Waals surface area contributed by atoms with Gasteiger partial charge >= 0.3 is 0 Å². The smallest absolute Gasteiger partial charge is 0.203 e. The lowest BCUT2D eigenvalue weighted by Gasteiger charge is -2.13. The Hall–Kier alpha value is -1.42. The van der Waals surface area contributed by atoms with E-state index in [0.717, 1.165) is 0 Å². The van der Waals surface area contributed by atoms with Crippen LogP contribution in [0.25, 0.3) is 11.0 Å². The summed E-state index contributed by atoms with van der Waals surface area (Å²) in [6.45, 7) is 0.521. The zero-order chi connectivity index (χ0) is 10.6. The van der Waals surface area contributed by atoms with Gasteiger partial charge in [0.15, 0.2) is 5.78 Å². The van der Waals surface area contributed by atoms with Gasteiger partial charge in [0, 0.05) is 24.6 Å². The lowest BCUT2D eigenvalue weighted by atomic mass is 10.0. The Labute approximate surface area is 89.5 Å². The van der Waals surface area contributed by atoms with Crippen LogP contribution in [0.5, 0.6) is 0 Å². The van der Waals surface area contributed by atoms with Crippen LogP contribution in [0, 0.1) is 5.82 Å². The number of carbonyl (C=O) groups is 1. The predicted molar refractivity (Wildman–Crippen MR) is 53.6 cm³/mol. The second kappa shape index (κ2) is 2.79. The van der Waals surface area contributed by atoms with Gasteiger partial charge in [-0.05, 0) is 17.7 Å². The summed E-state index contributed by atoms with van der Waals surface area (Å²) in [6.07, 6.45) is 0.349. The summed E-state index contributed by atoms with van der Waals surface area (Å²) in [7, 11) is 0. The van der Waals surface area contributed by atoms with Crippen LogP contribution in [-0.2, 0) is 6.54 Å². The van der Waals surface area contributed by atoms with Crippen molar-refractivity contribution in [2.75, 3.05) is 0 Å². The Balaban J connectivity index is 2.52. The fraction of sp³-hybridized carbons (Fsp3) is 0.200. The number of hydrogen-bond donors (Lipinski definition) is 0. The van der Waals surface area contributed by atoms with Gasteiger partial charge in [-0.3, -0.25) is 4.79 Å². The first kappa shape index (κ1) is 8.85. The highest BCUT2D eigenvalue weighted by atomic mass is 35.5. The van der Waals surface area contributed by atoms with E-state index in [4.69, 9.17) is 11.6 Å². The third-order valence-corrected chi connectivity index (χ3v) is 2.91. The molecule has 1 aliphatic heterocycles. The maximum atomic E-state index is 13.2. The molecule has 0 spiro atoms. The number of aromatic nitrogens is 2. The molecule has 0 N–H and O–H groups in total. The minimum atomic E-state index is -0.450. The van der Waals surface area contributed by atoms with E-state index < -0.39 is 5.82 Å². The molecule has 0 unspecified atom stereocenters. The maximum Gasteiger partial charge on any atom is 0.203 e. The largest absolute Gasteiger partial charge is 0.314 e. The summed E-state index contributed by atoms with van der Waals surface area (Å²) in [5, 5.41) is 0.310. The Kier molecular flexibility index (Phi) is 1.65. The SMILES string of the molecule is O=C1CCn2c(Cl)nc3cc(F)cc1c32. The topological polar surface area (TPSA) is 34.9 Å². The number of nitrogens with zero attached hydrogens (tertiary/aromatic N) is 2. The van der Waals surface area contributed by atoms with E-state index >= 15 is 0 Å². The molecule has 2 aromatic rings. The monoisotopic (exact) mass is 224 g/mol. The zero-order valence-electron chi connectivity index (χ0n) is 7.63. The third-order valence-electron chi connectivity index (χ3n) is 2.62. The molecular weight excluding hydrogens is 219 g/mol. The van der Waals surface area contributed by atoms with E-state index in [9.17, 15) is 9.18 Å². The minimum absolute atomic E-state index is 0.0523. The van der Waals surface area contributed by atoms with Gasteiger partial charge in [0.1, 0.15) is 5.82 Å². The first-order valence-electron chi connectivity index (χ1n) is 4.55. The van der Waals surface area contributed by atoms with Crippen molar-refractivity contribution < 1.29 is 9.18 Å². The number of aryl methyl sites for hydroxylation is 1. The average Bonchev–Trinajstić information content (AvgIpc) is 2.49. The first-order valence-corrected chi connectivity index (χ1v) is 4.93. The summed E-state index contributed by atoms with van der Waals surface area (Å²) in [4.78, 5) is 15.6. The Morgan fingerprint density at radius 2 is 2.27 bits per heavy atom. The van der Waals surface area contributed by atoms with Crippen molar-refractivity contribution in [2.45, 2.75) is 13.0 Å². The van der Waals surface area contributed by atoms with Crippen molar-refractivity contribution in [3.8, 4) is 0 Å². The molecule has 1 aromatic carbocycles. The summed E-state index contributed by atoms with van der Waals surface area (Å²) in [6, 6.07) is 2.54. The summed E-state index contributed by atoms with van der Waals surface area (Å²) >= 11 is 5.89. The van der Waals surface area contributed by atoms with Crippen molar-refractivity contribution in [1.29, 1.82) is 0 Å². The van der Waals surface area contributed by atoms with E-state index in [1.165, 1.54) is 12.1 Å². The first-order chi connectivity index (χ1) is 7.16. The Morgan fingerprint density at radius 3 is 3.07 bits per heavy atom. The van der Waals surface area contributed by atoms with Gasteiger partial charge in [-0.1, -0.05) is 0 Å². The van der Waals surface area contributed by atoms with Gasteiger partial charge in [0.25, 0.3) is 0 Å². The number of rotatable bonds is 0. The lowest BCUT2D eigenvalue weighted by molar-refractivity contribution is 0.0973. The molecule has 5 heteroatoms. The highest BCUT2D eigenvalue weighted by Crippen LogP contribution is 2.29. The van der Waals surface area contributed by atoms with Gasteiger partial charge in [-0.15, -0.1) is 0 Å². The number of imidazole rings is 1. The molecule has 76 valence electrons. The third kappa shape index (κ3) is 1.11. The number of carbonyl (C=O) groups excluding carboxylic acids is 1. The zero-order valence-corrected chi connectivity index (χ0v) is 8.38. The van der Waals surface area contributed by atoms with Crippen molar-refractivity contribution in [3.05, 3.63) is 28.8 Å². The van der Waals surface area contributed by atoms with Crippen LogP contribution in [0.15, 0.2) is 12.1 Å². The minimum Gasteiger partial charge on any atom is -0.314 e. The molecule has 0 radical (unpaired) electrons. The Bertz CT molecular complexity index is 591. The molecular formula is C10H6ClFN2O. The molecule has 3 rings (SSSR count). The fourth-order valence-electron chi connectivity index (χ4n) is 1.97. The Morgan fingerprint density at radius 1 is 1.47 bits per heavy atom. The number of hydrogen-bond acceptors (Lipinski definition) is 2. The van der Waals surface area contributed by atoms with Crippen molar-refractivity contribution >= 4 is 28.4 Å². The molecule has 15 heavy (non-hydrogen) atoms. The van der Waals surface area contributed by atoms with Crippen LogP contribution in [0.4, 0.5) is 4.39 Å². The quantitative estimate of drug-likeness (QED) is 0.689. The molecule has 1 aliphatic rings. The summed E-state index contributed by atoms with van der Waals surface area (Å²) in [5.41, 5.74) is 1.48. The van der Waals surface area contributed by atoms with Crippen molar-refractivity contribution in [2.24, 2.45) is 0 Å². The molecule has 0 fully saturated rings. The molecule has 0 saturated heterocycles. The molecule has 0 amide bonds. The second-order valence-electron chi connectivity index (χ2n) is 3.53. The number of Topliss-reactive ketones (excluding diaryl/α,β-unsaturated/α-hetero) is 1. The molecule has 0 bridgehead atoms. The highest BCUT2D eigenvalue weighted by Gasteiger charge is 2.23. The molecule has 1 aromatic heterocycles. The standard InChI is InChI=1S/C10H6ClFN2O/c11-10-13-7-4-5(12)3-6-8(15)1-2-14(10)9(6)7/h3-4H,1-2H2. The molecule has 2 heterocycles. The number of halogens is 2. The summed E-state index contributed by atoms with van der Waals surface area (Å²) in [5.74, 6) is -0.502. The summed E-state index contributed by atoms with van der Waals surface area (Å²) < 4.78 is 14.9. The van der Waals surface area contributed by atoms with Gasteiger partial charge < -0.3 is 4.57 Å². The van der Waals surface area contributed by atoms with Crippen molar-refractivity contribution in [1.82, 2.24) is 9.55 Å². The van der Waals surface area contributed by atoms with E-state index in [1.54, 1.807) is 4.57 Å². The normalized spacial score (nSPS) is 14.9. The van der Waals surface area contributed by atoms with Gasteiger partial charge in [-0.25, -0.2) is 9.37 Å². The van der Waals surface area contributed by atoms with Crippen LogP contribution in [0.3, 0.4) is 0 Å². The number of benzene rings is 1. The molecule has 0 aliphatic carbocycles. The van der Waals surface area contributed by atoms with Crippen LogP contribution >= 0.6 is 11.6 Å². The van der Waals surface area contributed by atoms with E-state index in [-0.39, 0.29) is 5.78 Å². The average molecular weight is 225 g/mol. The molecule has 3 nitrogen and oxygen atoms in total. The predicted octanol–water partition coefficient (Wildman–Crippen LogP) is 2.42. The van der Waals surface area contributed by atoms with Crippen molar-refractivity contribution in [3.63, 3.8) is 0 Å². The van der Waals surface area contributed by atoms with E-state index in [0.29, 0.717) is 34.8 Å². The molecule has 0 atom stereocenters. The van der Waals surface area contributed by atoms with Gasteiger partial charge in [0.05, 0.1) is 11.0 Å². The van der Waals surface area contributed by atoms with Gasteiger partial charge in [-0.2, -0.15) is 0 Å².